The van der Waals surface area contributed by atoms with Crippen LogP contribution >= 0.6 is 0 Å². The third-order valence-corrected chi connectivity index (χ3v) is 4.89. The maximum Gasteiger partial charge on any atom is 0.350 e. The molecule has 0 bridgehead atoms. The third kappa shape index (κ3) is 3.96. The second kappa shape index (κ2) is 7.98. The maximum atomic E-state index is 13.7. The summed E-state index contributed by atoms with van der Waals surface area (Å²) in [6.07, 6.45) is 7.43. The Kier molecular flexibility index (Phi) is 5.24. The predicted molar refractivity (Wildman–Crippen MR) is 103 cm³/mol. The normalized spacial score (nSPS) is 14.8. The molecule has 3 aromatic rings. The molecule has 1 amide bonds. The van der Waals surface area contributed by atoms with E-state index in [0.717, 1.165) is 55.6 Å². The number of benzene rings is 1. The molecule has 3 heterocycles. The van der Waals surface area contributed by atoms with Crippen molar-refractivity contribution in [3.05, 3.63) is 52.7 Å². The second-order valence-corrected chi connectivity index (χ2v) is 6.96. The lowest BCUT2D eigenvalue weighted by atomic mass is 10.2. The number of halogens is 2. The first-order chi connectivity index (χ1) is 14.0. The maximum absolute atomic E-state index is 13.7. The van der Waals surface area contributed by atoms with Crippen molar-refractivity contribution in [1.82, 2.24) is 19.2 Å². The van der Waals surface area contributed by atoms with Crippen LogP contribution in [0, 0.1) is 11.6 Å². The molecule has 0 atom stereocenters. The Morgan fingerprint density at radius 3 is 2.62 bits per heavy atom. The molecule has 1 fully saturated rings. The summed E-state index contributed by atoms with van der Waals surface area (Å²) in [5.74, 6) is -1.68. The zero-order valence-corrected chi connectivity index (χ0v) is 15.6. The molecule has 1 aliphatic rings. The molecule has 29 heavy (non-hydrogen) atoms. The van der Waals surface area contributed by atoms with Gasteiger partial charge in [0.25, 0.3) is 0 Å². The molecule has 1 N–H and O–H groups in total. The molecule has 2 aromatic heterocycles. The summed E-state index contributed by atoms with van der Waals surface area (Å²) in [7, 11) is 0. The van der Waals surface area contributed by atoms with Crippen molar-refractivity contribution in [2.75, 3.05) is 23.3 Å². The molecule has 1 saturated heterocycles. The van der Waals surface area contributed by atoms with Crippen molar-refractivity contribution in [1.29, 1.82) is 0 Å². The SMILES string of the molecule is O=C(Cn1nc2c(N3CCCCCC3)nccn2c1=O)Nc1ccc(F)cc1F. The van der Waals surface area contributed by atoms with Gasteiger partial charge in [0.15, 0.2) is 5.82 Å². The fraction of sp³-hybridized carbons (Fsp3) is 0.368. The number of carbonyl (C=O) groups is 1. The van der Waals surface area contributed by atoms with E-state index in [9.17, 15) is 18.4 Å². The monoisotopic (exact) mass is 402 g/mol. The van der Waals surface area contributed by atoms with Gasteiger partial charge in [-0.25, -0.2) is 27.6 Å². The molecule has 1 aliphatic heterocycles. The molecular weight excluding hydrogens is 382 g/mol. The number of hydrogen-bond donors (Lipinski definition) is 1. The highest BCUT2D eigenvalue weighted by Gasteiger charge is 2.19. The zero-order valence-electron chi connectivity index (χ0n) is 15.6. The van der Waals surface area contributed by atoms with Gasteiger partial charge in [0.2, 0.25) is 11.6 Å². The van der Waals surface area contributed by atoms with Gasteiger partial charge in [0.1, 0.15) is 18.2 Å². The number of rotatable bonds is 4. The Labute approximate surface area is 164 Å². The minimum Gasteiger partial charge on any atom is -0.353 e. The van der Waals surface area contributed by atoms with Gasteiger partial charge >= 0.3 is 5.69 Å². The van der Waals surface area contributed by atoms with E-state index < -0.39 is 29.8 Å². The summed E-state index contributed by atoms with van der Waals surface area (Å²) in [5.41, 5.74) is -0.284. The smallest absolute Gasteiger partial charge is 0.350 e. The van der Waals surface area contributed by atoms with E-state index in [4.69, 9.17) is 0 Å². The minimum atomic E-state index is -0.895. The number of nitrogens with zero attached hydrogens (tertiary/aromatic N) is 5. The highest BCUT2D eigenvalue weighted by Crippen LogP contribution is 2.20. The molecule has 0 saturated carbocycles. The fourth-order valence-electron chi connectivity index (χ4n) is 3.46. The lowest BCUT2D eigenvalue weighted by Gasteiger charge is -2.20. The molecule has 0 spiro atoms. The topological polar surface area (TPSA) is 84.5 Å². The Morgan fingerprint density at radius 2 is 1.90 bits per heavy atom. The lowest BCUT2D eigenvalue weighted by molar-refractivity contribution is -0.117. The Hall–Kier alpha value is -3.30. The van der Waals surface area contributed by atoms with Crippen LogP contribution in [0.3, 0.4) is 0 Å². The van der Waals surface area contributed by atoms with Gasteiger partial charge in [-0.2, -0.15) is 0 Å². The number of hydrogen-bond acceptors (Lipinski definition) is 5. The second-order valence-electron chi connectivity index (χ2n) is 6.96. The van der Waals surface area contributed by atoms with Crippen molar-refractivity contribution in [3.8, 4) is 0 Å². The largest absolute Gasteiger partial charge is 0.353 e. The van der Waals surface area contributed by atoms with Crippen LogP contribution in [0.1, 0.15) is 25.7 Å². The standard InChI is InChI=1S/C19H20F2N6O2/c20-13-5-6-15(14(21)11-13)23-16(28)12-27-19(29)26-10-7-22-17(18(26)24-27)25-8-3-1-2-4-9-25/h5-7,10-11H,1-4,8-9,12H2,(H,23,28). The van der Waals surface area contributed by atoms with E-state index in [0.29, 0.717) is 17.5 Å². The summed E-state index contributed by atoms with van der Waals surface area (Å²) < 4.78 is 29.1. The first-order valence-corrected chi connectivity index (χ1v) is 9.47. The van der Waals surface area contributed by atoms with E-state index in [1.165, 1.54) is 16.8 Å². The minimum absolute atomic E-state index is 0.167. The summed E-state index contributed by atoms with van der Waals surface area (Å²) in [4.78, 5) is 31.4. The highest BCUT2D eigenvalue weighted by molar-refractivity contribution is 5.90. The number of amides is 1. The van der Waals surface area contributed by atoms with E-state index in [1.54, 1.807) is 0 Å². The average Bonchev–Trinajstić information content (AvgIpc) is 2.88. The average molecular weight is 402 g/mol. The third-order valence-electron chi connectivity index (χ3n) is 4.89. The summed E-state index contributed by atoms with van der Waals surface area (Å²) in [6.45, 7) is 1.26. The molecule has 0 aliphatic carbocycles. The van der Waals surface area contributed by atoms with Gasteiger partial charge in [-0.3, -0.25) is 4.79 Å². The van der Waals surface area contributed by atoms with E-state index >= 15 is 0 Å². The van der Waals surface area contributed by atoms with Crippen LogP contribution in [0.15, 0.2) is 35.4 Å². The Balaban J connectivity index is 1.59. The van der Waals surface area contributed by atoms with E-state index in [-0.39, 0.29) is 5.69 Å². The predicted octanol–water partition coefficient (Wildman–Crippen LogP) is 2.19. The number of carbonyl (C=O) groups excluding carboxylic acids is 1. The van der Waals surface area contributed by atoms with Crippen molar-refractivity contribution in [2.45, 2.75) is 32.2 Å². The fourth-order valence-corrected chi connectivity index (χ4v) is 3.46. The lowest BCUT2D eigenvalue weighted by Crippen LogP contribution is -2.28. The van der Waals surface area contributed by atoms with Gasteiger partial charge < -0.3 is 10.2 Å². The van der Waals surface area contributed by atoms with Crippen LogP contribution in [0.25, 0.3) is 5.65 Å². The van der Waals surface area contributed by atoms with Crippen LogP contribution in [0.2, 0.25) is 0 Å². The molecule has 1 aromatic carbocycles. The summed E-state index contributed by atoms with van der Waals surface area (Å²) in [5, 5.41) is 6.61. The number of fused-ring (bicyclic) bond motifs is 1. The number of aromatic nitrogens is 4. The van der Waals surface area contributed by atoms with Gasteiger partial charge in [-0.05, 0) is 25.0 Å². The molecule has 4 rings (SSSR count). The molecule has 0 radical (unpaired) electrons. The first-order valence-electron chi connectivity index (χ1n) is 9.47. The van der Waals surface area contributed by atoms with Crippen LogP contribution in [0.5, 0.6) is 0 Å². The van der Waals surface area contributed by atoms with Crippen molar-refractivity contribution < 1.29 is 13.6 Å². The van der Waals surface area contributed by atoms with Crippen LogP contribution < -0.4 is 15.9 Å². The van der Waals surface area contributed by atoms with Crippen molar-refractivity contribution in [3.63, 3.8) is 0 Å². The first kappa shape index (κ1) is 19.0. The van der Waals surface area contributed by atoms with Crippen LogP contribution in [-0.4, -0.2) is 38.2 Å². The molecule has 10 heteroatoms. The van der Waals surface area contributed by atoms with Crippen LogP contribution in [-0.2, 0) is 11.3 Å². The Morgan fingerprint density at radius 1 is 1.14 bits per heavy atom. The zero-order chi connectivity index (χ0) is 20.4. The van der Waals surface area contributed by atoms with Gasteiger partial charge in [0.05, 0.1) is 5.69 Å². The summed E-state index contributed by atoms with van der Waals surface area (Å²) >= 11 is 0. The van der Waals surface area contributed by atoms with Crippen molar-refractivity contribution >= 4 is 23.1 Å². The van der Waals surface area contributed by atoms with Gasteiger partial charge in [-0.1, -0.05) is 12.8 Å². The molecule has 152 valence electrons. The van der Waals surface area contributed by atoms with Crippen molar-refractivity contribution in [2.24, 2.45) is 0 Å². The molecule has 0 unspecified atom stereocenters. The summed E-state index contributed by atoms with van der Waals surface area (Å²) in [6, 6.07) is 2.83. The Bertz CT molecular complexity index is 1100. The quantitative estimate of drug-likeness (QED) is 0.723. The van der Waals surface area contributed by atoms with E-state index in [2.05, 4.69) is 20.3 Å². The molecular formula is C19H20F2N6O2. The van der Waals surface area contributed by atoms with E-state index in [1.807, 2.05) is 0 Å². The highest BCUT2D eigenvalue weighted by atomic mass is 19.1. The molecule has 8 nitrogen and oxygen atoms in total. The van der Waals surface area contributed by atoms with Gasteiger partial charge in [0, 0.05) is 31.5 Å². The number of anilines is 2. The number of nitrogens with one attached hydrogen (secondary N) is 1. The van der Waals surface area contributed by atoms with Crippen LogP contribution in [0.4, 0.5) is 20.3 Å². The van der Waals surface area contributed by atoms with Gasteiger partial charge in [-0.15, -0.1) is 5.10 Å².